The van der Waals surface area contributed by atoms with Crippen molar-refractivity contribution in [1.29, 1.82) is 0 Å². The van der Waals surface area contributed by atoms with Gasteiger partial charge in [0.05, 0.1) is 26.2 Å². The number of amides is 2. The number of hydrogen-bond donors (Lipinski definition) is 1. The summed E-state index contributed by atoms with van der Waals surface area (Å²) in [5.41, 5.74) is 0.647. The first-order valence-corrected chi connectivity index (χ1v) is 14.2. The van der Waals surface area contributed by atoms with Crippen LogP contribution >= 0.6 is 23.2 Å². The van der Waals surface area contributed by atoms with Crippen molar-refractivity contribution in [1.82, 2.24) is 10.2 Å². The maximum atomic E-state index is 13.7. The third-order valence-electron chi connectivity index (χ3n) is 5.72. The molecule has 204 valence electrons. The number of benzene rings is 2. The van der Waals surface area contributed by atoms with Gasteiger partial charge in [0, 0.05) is 34.8 Å². The van der Waals surface area contributed by atoms with Crippen LogP contribution in [0, 0.1) is 0 Å². The third kappa shape index (κ3) is 8.15. The van der Waals surface area contributed by atoms with Crippen LogP contribution in [0.4, 0.5) is 5.69 Å². The van der Waals surface area contributed by atoms with Crippen molar-refractivity contribution in [3.8, 4) is 11.5 Å². The summed E-state index contributed by atoms with van der Waals surface area (Å²) < 4.78 is 37.0. The summed E-state index contributed by atoms with van der Waals surface area (Å²) in [6.07, 6.45) is 2.66. The molecule has 0 unspecified atom stereocenters. The van der Waals surface area contributed by atoms with E-state index in [4.69, 9.17) is 32.7 Å². The summed E-state index contributed by atoms with van der Waals surface area (Å²) in [6, 6.07) is 8.51. The van der Waals surface area contributed by atoms with E-state index in [0.717, 1.165) is 23.4 Å². The number of unbranched alkanes of at least 4 members (excludes halogenated alkanes) is 1. The van der Waals surface area contributed by atoms with Gasteiger partial charge in [0.2, 0.25) is 21.8 Å². The Morgan fingerprint density at radius 2 is 1.68 bits per heavy atom. The zero-order chi connectivity index (χ0) is 27.8. The molecule has 2 aromatic carbocycles. The van der Waals surface area contributed by atoms with Crippen LogP contribution in [-0.2, 0) is 26.2 Å². The summed E-state index contributed by atoms with van der Waals surface area (Å²) >= 11 is 12.7. The average Bonchev–Trinajstić information content (AvgIpc) is 2.85. The van der Waals surface area contributed by atoms with Gasteiger partial charge in [-0.05, 0) is 37.6 Å². The quantitative estimate of drug-likeness (QED) is 0.361. The molecule has 0 radical (unpaired) electrons. The second kappa shape index (κ2) is 13.7. The highest BCUT2D eigenvalue weighted by atomic mass is 35.5. The summed E-state index contributed by atoms with van der Waals surface area (Å²) in [4.78, 5) is 27.8. The number of hydrogen-bond acceptors (Lipinski definition) is 6. The molecule has 0 saturated heterocycles. The van der Waals surface area contributed by atoms with Crippen LogP contribution < -0.4 is 19.1 Å². The third-order valence-corrected chi connectivity index (χ3v) is 7.57. The molecule has 0 fully saturated rings. The van der Waals surface area contributed by atoms with Gasteiger partial charge in [0.25, 0.3) is 0 Å². The fraction of sp³-hybridized carbons (Fsp3) is 0.440. The first kappa shape index (κ1) is 30.5. The van der Waals surface area contributed by atoms with Gasteiger partial charge in [-0.15, -0.1) is 0 Å². The maximum Gasteiger partial charge on any atom is 0.244 e. The van der Waals surface area contributed by atoms with Crippen LogP contribution in [0.25, 0.3) is 0 Å². The Balaban J connectivity index is 2.46. The van der Waals surface area contributed by atoms with Gasteiger partial charge in [0.1, 0.15) is 12.6 Å². The van der Waals surface area contributed by atoms with Crippen molar-refractivity contribution < 1.29 is 27.5 Å². The van der Waals surface area contributed by atoms with Crippen molar-refractivity contribution in [2.24, 2.45) is 0 Å². The van der Waals surface area contributed by atoms with E-state index in [1.807, 2.05) is 6.92 Å². The van der Waals surface area contributed by atoms with Crippen molar-refractivity contribution in [3.63, 3.8) is 0 Å². The van der Waals surface area contributed by atoms with Gasteiger partial charge in [-0.25, -0.2) is 8.42 Å². The van der Waals surface area contributed by atoms with Crippen LogP contribution in [0.3, 0.4) is 0 Å². The summed E-state index contributed by atoms with van der Waals surface area (Å²) in [5.74, 6) is -0.292. The van der Waals surface area contributed by atoms with E-state index < -0.39 is 28.5 Å². The molecular weight excluding hydrogens is 541 g/mol. The number of halogens is 2. The number of sulfonamides is 1. The number of ether oxygens (including phenoxy) is 2. The largest absolute Gasteiger partial charge is 0.493 e. The van der Waals surface area contributed by atoms with Crippen molar-refractivity contribution in [3.05, 3.63) is 52.0 Å². The smallest absolute Gasteiger partial charge is 0.244 e. The molecule has 2 aromatic rings. The second-order valence-corrected chi connectivity index (χ2v) is 11.1. The van der Waals surface area contributed by atoms with Gasteiger partial charge in [-0.3, -0.25) is 13.9 Å². The zero-order valence-corrected chi connectivity index (χ0v) is 23.9. The number of nitrogens with zero attached hydrogens (tertiary/aromatic N) is 2. The van der Waals surface area contributed by atoms with Crippen molar-refractivity contribution >= 4 is 50.7 Å². The minimum absolute atomic E-state index is 0.0940. The van der Waals surface area contributed by atoms with Crippen LogP contribution in [0.5, 0.6) is 11.5 Å². The number of nitrogens with one attached hydrogen (secondary N) is 1. The zero-order valence-electron chi connectivity index (χ0n) is 21.6. The van der Waals surface area contributed by atoms with E-state index in [-0.39, 0.29) is 18.1 Å². The Bertz CT molecular complexity index is 1190. The molecule has 37 heavy (non-hydrogen) atoms. The molecular formula is C25H33Cl2N3O6S. The van der Waals surface area contributed by atoms with Crippen LogP contribution in [0.1, 0.15) is 32.3 Å². The molecule has 2 amide bonds. The molecule has 0 aliphatic rings. The normalized spacial score (nSPS) is 12.0. The van der Waals surface area contributed by atoms with Gasteiger partial charge in [-0.1, -0.05) is 42.6 Å². The SMILES string of the molecule is CCCCNC(=O)[C@H](C)N(Cc1c(Cl)cccc1Cl)C(=O)CN(c1ccc(OC)c(OC)c1)S(C)(=O)=O. The molecule has 1 atom stereocenters. The van der Waals surface area contributed by atoms with Crippen LogP contribution in [0.15, 0.2) is 36.4 Å². The first-order valence-electron chi connectivity index (χ1n) is 11.6. The van der Waals surface area contributed by atoms with Crippen LogP contribution in [0.2, 0.25) is 10.0 Å². The minimum atomic E-state index is -3.91. The minimum Gasteiger partial charge on any atom is -0.493 e. The number of anilines is 1. The highest BCUT2D eigenvalue weighted by Crippen LogP contribution is 2.33. The molecule has 9 nitrogen and oxygen atoms in total. The Morgan fingerprint density at radius 3 is 2.22 bits per heavy atom. The predicted octanol–water partition coefficient (Wildman–Crippen LogP) is 4.11. The molecule has 0 heterocycles. The molecule has 2 rings (SSSR count). The summed E-state index contributed by atoms with van der Waals surface area (Å²) in [6.45, 7) is 3.37. The average molecular weight is 575 g/mol. The summed E-state index contributed by atoms with van der Waals surface area (Å²) in [5, 5.41) is 3.46. The number of rotatable bonds is 13. The van der Waals surface area contributed by atoms with Crippen molar-refractivity contribution in [2.75, 3.05) is 37.9 Å². The van der Waals surface area contributed by atoms with E-state index in [0.29, 0.717) is 33.7 Å². The Morgan fingerprint density at radius 1 is 1.05 bits per heavy atom. The van der Waals surface area contributed by atoms with E-state index >= 15 is 0 Å². The first-order chi connectivity index (χ1) is 17.4. The summed E-state index contributed by atoms with van der Waals surface area (Å²) in [7, 11) is -1.03. The molecule has 12 heteroatoms. The van der Waals surface area contributed by atoms with E-state index in [2.05, 4.69) is 5.32 Å². The Labute approximate surface area is 228 Å². The van der Waals surface area contributed by atoms with Gasteiger partial charge in [-0.2, -0.15) is 0 Å². The van der Waals surface area contributed by atoms with E-state index in [1.54, 1.807) is 31.2 Å². The molecule has 0 saturated carbocycles. The predicted molar refractivity (Wildman–Crippen MR) is 146 cm³/mol. The molecule has 0 aromatic heterocycles. The molecule has 0 aliphatic heterocycles. The Hall–Kier alpha value is -2.69. The Kier molecular flexibility index (Phi) is 11.3. The number of carbonyl (C=O) groups excluding carboxylic acids is 2. The maximum absolute atomic E-state index is 13.7. The van der Waals surface area contributed by atoms with Gasteiger partial charge < -0.3 is 19.7 Å². The number of methoxy groups -OCH3 is 2. The van der Waals surface area contributed by atoms with E-state index in [9.17, 15) is 18.0 Å². The fourth-order valence-electron chi connectivity index (χ4n) is 3.57. The fourth-order valence-corrected chi connectivity index (χ4v) is 4.92. The topological polar surface area (TPSA) is 105 Å². The van der Waals surface area contributed by atoms with Gasteiger partial charge >= 0.3 is 0 Å². The lowest BCUT2D eigenvalue weighted by Gasteiger charge is -2.32. The standard InChI is InChI=1S/C25H33Cl2N3O6S/c1-6-7-13-28-25(32)17(2)29(15-19-20(26)9-8-10-21(19)27)24(31)16-30(37(5,33)34)18-11-12-22(35-3)23(14-18)36-4/h8-12,14,17H,6-7,13,15-16H2,1-5H3,(H,28,32)/t17-/m0/s1. The monoisotopic (exact) mass is 573 g/mol. The lowest BCUT2D eigenvalue weighted by atomic mass is 10.1. The van der Waals surface area contributed by atoms with Crippen molar-refractivity contribution in [2.45, 2.75) is 39.3 Å². The van der Waals surface area contributed by atoms with Crippen LogP contribution in [-0.4, -0.2) is 64.7 Å². The van der Waals surface area contributed by atoms with Gasteiger partial charge in [0.15, 0.2) is 11.5 Å². The number of carbonyl (C=O) groups is 2. The molecule has 0 aliphatic carbocycles. The molecule has 0 spiro atoms. The highest BCUT2D eigenvalue weighted by Gasteiger charge is 2.31. The highest BCUT2D eigenvalue weighted by molar-refractivity contribution is 7.92. The molecule has 0 bridgehead atoms. The van der Waals surface area contributed by atoms with E-state index in [1.165, 1.54) is 31.3 Å². The second-order valence-electron chi connectivity index (χ2n) is 8.35. The molecule has 1 N–H and O–H groups in total. The lowest BCUT2D eigenvalue weighted by molar-refractivity contribution is -0.139. The lowest BCUT2D eigenvalue weighted by Crippen LogP contribution is -2.51.